The standard InChI is InChI=1S/C8H15N5O2/c1-5(4-14)10-7-11-6(9-2)12-8(13-7)15-3/h5,14H,4H2,1-3H3,(H2,9,10,11,12,13). The van der Waals surface area contributed by atoms with Gasteiger partial charge in [-0.25, -0.2) is 0 Å². The van der Waals surface area contributed by atoms with E-state index in [-0.39, 0.29) is 18.7 Å². The van der Waals surface area contributed by atoms with Crippen LogP contribution in [-0.2, 0) is 0 Å². The molecule has 0 aliphatic carbocycles. The van der Waals surface area contributed by atoms with Gasteiger partial charge < -0.3 is 20.5 Å². The summed E-state index contributed by atoms with van der Waals surface area (Å²) in [6.07, 6.45) is 0. The average molecular weight is 213 g/mol. The summed E-state index contributed by atoms with van der Waals surface area (Å²) in [4.78, 5) is 12.0. The molecule has 0 spiro atoms. The van der Waals surface area contributed by atoms with E-state index in [0.717, 1.165) is 0 Å². The normalized spacial score (nSPS) is 12.0. The predicted molar refractivity (Wildman–Crippen MR) is 56.1 cm³/mol. The first-order valence-electron chi connectivity index (χ1n) is 4.54. The topological polar surface area (TPSA) is 92.2 Å². The van der Waals surface area contributed by atoms with Crippen molar-refractivity contribution in [2.24, 2.45) is 0 Å². The highest BCUT2D eigenvalue weighted by Gasteiger charge is 2.07. The fraction of sp³-hybridized carbons (Fsp3) is 0.625. The SMILES string of the molecule is CNc1nc(NC(C)CO)nc(OC)n1. The Labute approximate surface area is 87.9 Å². The van der Waals surface area contributed by atoms with Crippen LogP contribution in [0.2, 0.25) is 0 Å². The highest BCUT2D eigenvalue weighted by atomic mass is 16.5. The van der Waals surface area contributed by atoms with Crippen molar-refractivity contribution in [2.75, 3.05) is 31.4 Å². The van der Waals surface area contributed by atoms with Gasteiger partial charge >= 0.3 is 6.01 Å². The van der Waals surface area contributed by atoms with Crippen LogP contribution in [-0.4, -0.2) is 46.9 Å². The molecule has 0 saturated carbocycles. The number of hydrogen-bond acceptors (Lipinski definition) is 7. The summed E-state index contributed by atoms with van der Waals surface area (Å²) in [6, 6.07) is 0.101. The molecule has 3 N–H and O–H groups in total. The Bertz CT molecular complexity index is 298. The van der Waals surface area contributed by atoms with Crippen LogP contribution in [0.25, 0.3) is 0 Å². The average Bonchev–Trinajstić information content (AvgIpc) is 2.28. The lowest BCUT2D eigenvalue weighted by atomic mass is 10.4. The molecule has 0 aliphatic heterocycles. The van der Waals surface area contributed by atoms with Crippen LogP contribution in [0.3, 0.4) is 0 Å². The van der Waals surface area contributed by atoms with E-state index in [1.54, 1.807) is 7.05 Å². The Hall–Kier alpha value is -1.63. The monoisotopic (exact) mass is 213 g/mol. The van der Waals surface area contributed by atoms with E-state index in [0.29, 0.717) is 11.9 Å². The van der Waals surface area contributed by atoms with E-state index in [4.69, 9.17) is 9.84 Å². The summed E-state index contributed by atoms with van der Waals surface area (Å²) in [7, 11) is 3.18. The molecule has 1 heterocycles. The highest BCUT2D eigenvalue weighted by Crippen LogP contribution is 2.10. The summed E-state index contributed by atoms with van der Waals surface area (Å²) in [5.74, 6) is 0.780. The van der Waals surface area contributed by atoms with E-state index in [2.05, 4.69) is 25.6 Å². The van der Waals surface area contributed by atoms with Crippen LogP contribution in [0.15, 0.2) is 0 Å². The minimum Gasteiger partial charge on any atom is -0.467 e. The van der Waals surface area contributed by atoms with Crippen molar-refractivity contribution < 1.29 is 9.84 Å². The predicted octanol–water partition coefficient (Wildman–Crippen LogP) is -0.285. The Kier molecular flexibility index (Phi) is 4.04. The van der Waals surface area contributed by atoms with Crippen molar-refractivity contribution in [3.63, 3.8) is 0 Å². The molecule has 7 nitrogen and oxygen atoms in total. The number of ether oxygens (including phenoxy) is 1. The Balaban J connectivity index is 2.86. The maximum Gasteiger partial charge on any atom is 0.322 e. The van der Waals surface area contributed by atoms with Gasteiger partial charge in [0.05, 0.1) is 13.7 Å². The third kappa shape index (κ3) is 3.21. The number of anilines is 2. The van der Waals surface area contributed by atoms with E-state index in [9.17, 15) is 0 Å². The maximum atomic E-state index is 8.87. The number of methoxy groups -OCH3 is 1. The molecule has 1 unspecified atom stereocenters. The molecule has 0 radical (unpaired) electrons. The molecule has 0 fully saturated rings. The molecule has 0 amide bonds. The smallest absolute Gasteiger partial charge is 0.322 e. The van der Waals surface area contributed by atoms with Gasteiger partial charge in [0, 0.05) is 13.1 Å². The molecule has 7 heteroatoms. The van der Waals surface area contributed by atoms with E-state index in [1.165, 1.54) is 7.11 Å². The number of aliphatic hydroxyl groups is 1. The quantitative estimate of drug-likeness (QED) is 0.619. The number of aromatic nitrogens is 3. The molecule has 15 heavy (non-hydrogen) atoms. The Morgan fingerprint density at radius 1 is 1.33 bits per heavy atom. The number of nitrogens with one attached hydrogen (secondary N) is 2. The molecule has 1 aromatic heterocycles. The van der Waals surface area contributed by atoms with Crippen molar-refractivity contribution in [3.8, 4) is 6.01 Å². The van der Waals surface area contributed by atoms with Crippen molar-refractivity contribution >= 4 is 11.9 Å². The molecule has 0 saturated heterocycles. The van der Waals surface area contributed by atoms with Gasteiger partial charge in [0.2, 0.25) is 11.9 Å². The van der Waals surface area contributed by atoms with E-state index in [1.807, 2.05) is 6.92 Å². The molecule has 1 aromatic rings. The molecule has 1 atom stereocenters. The van der Waals surface area contributed by atoms with Gasteiger partial charge in [0.1, 0.15) is 0 Å². The zero-order valence-electron chi connectivity index (χ0n) is 8.98. The molecule has 0 bridgehead atoms. The zero-order valence-corrected chi connectivity index (χ0v) is 8.98. The summed E-state index contributed by atoms with van der Waals surface area (Å²) < 4.78 is 4.91. The summed E-state index contributed by atoms with van der Waals surface area (Å²) in [6.45, 7) is 1.82. The Morgan fingerprint density at radius 2 is 2.00 bits per heavy atom. The van der Waals surface area contributed by atoms with Crippen molar-refractivity contribution in [2.45, 2.75) is 13.0 Å². The summed E-state index contributed by atoms with van der Waals surface area (Å²) in [5, 5.41) is 14.6. The molecule has 1 rings (SSSR count). The molecule has 0 aliphatic rings. The van der Waals surface area contributed by atoms with Crippen molar-refractivity contribution in [1.29, 1.82) is 0 Å². The molecular weight excluding hydrogens is 198 g/mol. The minimum absolute atomic E-state index is 0.00286. The summed E-state index contributed by atoms with van der Waals surface area (Å²) >= 11 is 0. The first-order chi connectivity index (χ1) is 7.19. The van der Waals surface area contributed by atoms with Crippen LogP contribution in [0, 0.1) is 0 Å². The second-order valence-corrected chi connectivity index (χ2v) is 2.95. The van der Waals surface area contributed by atoms with Gasteiger partial charge in [-0.15, -0.1) is 0 Å². The lowest BCUT2D eigenvalue weighted by molar-refractivity contribution is 0.280. The van der Waals surface area contributed by atoms with Crippen LogP contribution < -0.4 is 15.4 Å². The van der Waals surface area contributed by atoms with Gasteiger partial charge in [0.15, 0.2) is 0 Å². The number of hydrogen-bond donors (Lipinski definition) is 3. The van der Waals surface area contributed by atoms with Crippen LogP contribution >= 0.6 is 0 Å². The lowest BCUT2D eigenvalue weighted by Crippen LogP contribution is -2.21. The van der Waals surface area contributed by atoms with Crippen molar-refractivity contribution in [1.82, 2.24) is 15.0 Å². The van der Waals surface area contributed by atoms with E-state index < -0.39 is 0 Å². The van der Waals surface area contributed by atoms with Crippen LogP contribution in [0.4, 0.5) is 11.9 Å². The van der Waals surface area contributed by atoms with Gasteiger partial charge in [0.25, 0.3) is 0 Å². The second-order valence-electron chi connectivity index (χ2n) is 2.95. The second kappa shape index (κ2) is 5.30. The van der Waals surface area contributed by atoms with Gasteiger partial charge in [-0.3, -0.25) is 0 Å². The van der Waals surface area contributed by atoms with Gasteiger partial charge in [-0.1, -0.05) is 0 Å². The van der Waals surface area contributed by atoms with E-state index >= 15 is 0 Å². The minimum atomic E-state index is -0.123. The zero-order chi connectivity index (χ0) is 11.3. The largest absolute Gasteiger partial charge is 0.467 e. The molecular formula is C8H15N5O2. The number of rotatable bonds is 5. The van der Waals surface area contributed by atoms with Crippen LogP contribution in [0.5, 0.6) is 6.01 Å². The fourth-order valence-electron chi connectivity index (χ4n) is 0.890. The van der Waals surface area contributed by atoms with Crippen molar-refractivity contribution in [3.05, 3.63) is 0 Å². The first-order valence-corrected chi connectivity index (χ1v) is 4.54. The first kappa shape index (κ1) is 11.4. The van der Waals surface area contributed by atoms with Gasteiger partial charge in [-0.05, 0) is 6.92 Å². The number of aliphatic hydroxyl groups excluding tert-OH is 1. The highest BCUT2D eigenvalue weighted by molar-refractivity contribution is 5.35. The third-order valence-corrected chi connectivity index (χ3v) is 1.67. The fourth-order valence-corrected chi connectivity index (χ4v) is 0.890. The number of nitrogens with zero attached hydrogens (tertiary/aromatic N) is 3. The third-order valence-electron chi connectivity index (χ3n) is 1.67. The molecule has 0 aromatic carbocycles. The Morgan fingerprint density at radius 3 is 2.53 bits per heavy atom. The van der Waals surface area contributed by atoms with Crippen LogP contribution in [0.1, 0.15) is 6.92 Å². The molecule has 84 valence electrons. The summed E-state index contributed by atoms with van der Waals surface area (Å²) in [5.41, 5.74) is 0. The van der Waals surface area contributed by atoms with Gasteiger partial charge in [-0.2, -0.15) is 15.0 Å². The lowest BCUT2D eigenvalue weighted by Gasteiger charge is -2.11. The maximum absolute atomic E-state index is 8.87.